The van der Waals surface area contributed by atoms with Crippen molar-refractivity contribution in [2.45, 2.75) is 17.9 Å². The van der Waals surface area contributed by atoms with Crippen molar-refractivity contribution in [3.63, 3.8) is 0 Å². The molecule has 9 nitrogen and oxygen atoms in total. The molecule has 1 fully saturated rings. The number of sulfonamides is 1. The summed E-state index contributed by atoms with van der Waals surface area (Å²) in [7, 11) is -3.75. The van der Waals surface area contributed by atoms with Gasteiger partial charge in [-0.1, -0.05) is 17.7 Å². The summed E-state index contributed by atoms with van der Waals surface area (Å²) in [6.07, 6.45) is 4.66. The molecule has 186 valence electrons. The van der Waals surface area contributed by atoms with Crippen molar-refractivity contribution < 1.29 is 13.2 Å². The van der Waals surface area contributed by atoms with Gasteiger partial charge in [-0.3, -0.25) is 9.52 Å². The molecule has 0 bridgehead atoms. The maximum Gasteiger partial charge on any atom is 0.263 e. The highest BCUT2D eigenvalue weighted by molar-refractivity contribution is 7.92. The Hall–Kier alpha value is -3.63. The Bertz CT molecular complexity index is 1480. The average molecular weight is 525 g/mol. The summed E-state index contributed by atoms with van der Waals surface area (Å²) < 4.78 is 29.7. The van der Waals surface area contributed by atoms with Crippen molar-refractivity contribution in [3.05, 3.63) is 78.3 Å². The quantitative estimate of drug-likeness (QED) is 0.412. The predicted octanol–water partition coefficient (Wildman–Crippen LogP) is 3.80. The molecule has 0 saturated carbocycles. The zero-order valence-electron chi connectivity index (χ0n) is 19.6. The first-order chi connectivity index (χ1) is 17.3. The molecule has 1 amide bonds. The minimum Gasteiger partial charge on any atom is -0.368 e. The van der Waals surface area contributed by atoms with Crippen LogP contribution in [0.2, 0.25) is 5.02 Å². The lowest BCUT2D eigenvalue weighted by atomic mass is 10.2. The predicted molar refractivity (Wildman–Crippen MR) is 140 cm³/mol. The number of hydrogen-bond donors (Lipinski definition) is 1. The standard InChI is InChI=1S/C25H25ClN6O3S/c1-18(32-12-10-21-22(26)3-2-4-23(21)32)25(33)31-15-13-30(14-16-31)19-5-7-20(8-6-19)36(34,35)29-24-9-11-27-17-28-24/h2-12,17-18H,13-16H2,1H3,(H,27,28,29). The topological polar surface area (TPSA) is 100 Å². The summed E-state index contributed by atoms with van der Waals surface area (Å²) in [5.74, 6) is 0.268. The van der Waals surface area contributed by atoms with Crippen LogP contribution in [-0.2, 0) is 14.8 Å². The van der Waals surface area contributed by atoms with Crippen molar-refractivity contribution in [2.24, 2.45) is 0 Å². The number of carbonyl (C=O) groups excluding carboxylic acids is 1. The molecule has 4 aromatic rings. The molecule has 1 unspecified atom stereocenters. The molecule has 2 aromatic carbocycles. The number of rotatable bonds is 6. The van der Waals surface area contributed by atoms with E-state index in [1.54, 1.807) is 24.3 Å². The molecule has 1 atom stereocenters. The maximum atomic E-state index is 13.2. The van der Waals surface area contributed by atoms with Gasteiger partial charge in [-0.25, -0.2) is 18.4 Å². The van der Waals surface area contributed by atoms with Gasteiger partial charge in [-0.05, 0) is 55.5 Å². The molecule has 0 aliphatic carbocycles. The van der Waals surface area contributed by atoms with E-state index in [0.29, 0.717) is 31.2 Å². The Morgan fingerprint density at radius 3 is 2.47 bits per heavy atom. The van der Waals surface area contributed by atoms with Crippen LogP contribution in [0.25, 0.3) is 10.9 Å². The highest BCUT2D eigenvalue weighted by atomic mass is 35.5. The number of aromatic nitrogens is 3. The lowest BCUT2D eigenvalue weighted by Crippen LogP contribution is -2.50. The van der Waals surface area contributed by atoms with Crippen LogP contribution in [0.15, 0.2) is 78.2 Å². The van der Waals surface area contributed by atoms with E-state index in [4.69, 9.17) is 11.6 Å². The van der Waals surface area contributed by atoms with E-state index in [-0.39, 0.29) is 22.7 Å². The summed E-state index contributed by atoms with van der Waals surface area (Å²) in [4.78, 5) is 25.1. The number of anilines is 2. The van der Waals surface area contributed by atoms with Gasteiger partial charge in [0.05, 0.1) is 10.4 Å². The lowest BCUT2D eigenvalue weighted by Gasteiger charge is -2.37. The zero-order valence-corrected chi connectivity index (χ0v) is 21.2. The maximum absolute atomic E-state index is 13.2. The van der Waals surface area contributed by atoms with Crippen molar-refractivity contribution in [3.8, 4) is 0 Å². The van der Waals surface area contributed by atoms with Gasteiger partial charge < -0.3 is 14.4 Å². The van der Waals surface area contributed by atoms with Crippen LogP contribution in [-0.4, -0.2) is 59.9 Å². The summed E-state index contributed by atoms with van der Waals surface area (Å²) in [6.45, 7) is 4.38. The second-order valence-electron chi connectivity index (χ2n) is 8.58. The fraction of sp³-hybridized carbons (Fsp3) is 0.240. The minimum absolute atomic E-state index is 0.0596. The van der Waals surface area contributed by atoms with E-state index < -0.39 is 10.0 Å². The Morgan fingerprint density at radius 2 is 1.78 bits per heavy atom. The molecular formula is C25H25ClN6O3S. The van der Waals surface area contributed by atoms with Gasteiger partial charge in [0.2, 0.25) is 5.91 Å². The molecule has 11 heteroatoms. The molecule has 1 aliphatic rings. The van der Waals surface area contributed by atoms with E-state index in [0.717, 1.165) is 16.6 Å². The van der Waals surface area contributed by atoms with Crippen LogP contribution in [0.3, 0.4) is 0 Å². The van der Waals surface area contributed by atoms with Crippen LogP contribution >= 0.6 is 11.6 Å². The van der Waals surface area contributed by atoms with Gasteiger partial charge in [-0.2, -0.15) is 0 Å². The van der Waals surface area contributed by atoms with E-state index >= 15 is 0 Å². The Kier molecular flexibility index (Phi) is 6.55. The number of fused-ring (bicyclic) bond motifs is 1. The van der Waals surface area contributed by atoms with Crippen LogP contribution < -0.4 is 9.62 Å². The number of halogens is 1. The van der Waals surface area contributed by atoms with E-state index in [2.05, 4.69) is 19.6 Å². The van der Waals surface area contributed by atoms with Gasteiger partial charge in [-0.15, -0.1) is 0 Å². The number of piperazine rings is 1. The second-order valence-corrected chi connectivity index (χ2v) is 10.7. The van der Waals surface area contributed by atoms with Crippen molar-refractivity contribution in [1.82, 2.24) is 19.4 Å². The van der Waals surface area contributed by atoms with Gasteiger partial charge >= 0.3 is 0 Å². The summed E-state index contributed by atoms with van der Waals surface area (Å²) >= 11 is 6.29. The summed E-state index contributed by atoms with van der Waals surface area (Å²) in [6, 6.07) is 15.5. The van der Waals surface area contributed by atoms with Crippen molar-refractivity contribution >= 4 is 49.9 Å². The van der Waals surface area contributed by atoms with Gasteiger partial charge in [0.15, 0.2) is 0 Å². The first-order valence-corrected chi connectivity index (χ1v) is 13.4. The van der Waals surface area contributed by atoms with Crippen LogP contribution in [0, 0.1) is 0 Å². The SMILES string of the molecule is CC(C(=O)N1CCN(c2ccc(S(=O)(=O)Nc3ccncn3)cc2)CC1)n1ccc2c(Cl)cccc21. The first-order valence-electron chi connectivity index (χ1n) is 11.5. The molecule has 5 rings (SSSR count). The number of nitrogens with one attached hydrogen (secondary N) is 1. The third kappa shape index (κ3) is 4.74. The molecule has 0 spiro atoms. The number of nitrogens with zero attached hydrogens (tertiary/aromatic N) is 5. The lowest BCUT2D eigenvalue weighted by molar-refractivity contribution is -0.134. The average Bonchev–Trinajstić information content (AvgIpc) is 3.34. The van der Waals surface area contributed by atoms with Gasteiger partial charge in [0, 0.05) is 54.7 Å². The number of carbonyl (C=O) groups is 1. The normalized spacial score (nSPS) is 15.2. The monoisotopic (exact) mass is 524 g/mol. The van der Waals surface area contributed by atoms with Crippen molar-refractivity contribution in [2.75, 3.05) is 35.8 Å². The first kappa shape index (κ1) is 24.1. The molecular weight excluding hydrogens is 500 g/mol. The minimum atomic E-state index is -3.75. The molecule has 2 aromatic heterocycles. The van der Waals surface area contributed by atoms with E-state index in [1.165, 1.54) is 18.6 Å². The fourth-order valence-electron chi connectivity index (χ4n) is 4.44. The van der Waals surface area contributed by atoms with Crippen LogP contribution in [0.5, 0.6) is 0 Å². The number of benzene rings is 2. The Labute approximate surface area is 214 Å². The number of amides is 1. The largest absolute Gasteiger partial charge is 0.368 e. The van der Waals surface area contributed by atoms with Gasteiger partial charge in [0.25, 0.3) is 10.0 Å². The second kappa shape index (κ2) is 9.79. The Balaban J connectivity index is 1.22. The van der Waals surface area contributed by atoms with Crippen LogP contribution in [0.4, 0.5) is 11.5 Å². The summed E-state index contributed by atoms with van der Waals surface area (Å²) in [5, 5.41) is 1.60. The molecule has 1 N–H and O–H groups in total. The smallest absolute Gasteiger partial charge is 0.263 e. The van der Waals surface area contributed by atoms with E-state index in [9.17, 15) is 13.2 Å². The van der Waals surface area contributed by atoms with Gasteiger partial charge in [0.1, 0.15) is 18.2 Å². The molecule has 3 heterocycles. The van der Waals surface area contributed by atoms with Crippen LogP contribution in [0.1, 0.15) is 13.0 Å². The highest BCUT2D eigenvalue weighted by Gasteiger charge is 2.27. The third-order valence-electron chi connectivity index (χ3n) is 6.41. The highest BCUT2D eigenvalue weighted by Crippen LogP contribution is 2.28. The Morgan fingerprint density at radius 1 is 1.03 bits per heavy atom. The summed E-state index contributed by atoms with van der Waals surface area (Å²) in [5.41, 5.74) is 1.84. The van der Waals surface area contributed by atoms with E-state index in [1.807, 2.05) is 46.9 Å². The third-order valence-corrected chi connectivity index (χ3v) is 8.11. The van der Waals surface area contributed by atoms with Crippen molar-refractivity contribution in [1.29, 1.82) is 0 Å². The molecule has 1 aliphatic heterocycles. The molecule has 1 saturated heterocycles. The zero-order chi connectivity index (χ0) is 25.3. The molecule has 0 radical (unpaired) electrons. The number of hydrogen-bond acceptors (Lipinski definition) is 6. The fourth-order valence-corrected chi connectivity index (χ4v) is 5.68. The molecule has 36 heavy (non-hydrogen) atoms.